The van der Waals surface area contributed by atoms with E-state index >= 15 is 0 Å². The summed E-state index contributed by atoms with van der Waals surface area (Å²) in [5.41, 5.74) is 6.19. The van der Waals surface area contributed by atoms with Gasteiger partial charge in [-0.2, -0.15) is 0 Å². The lowest BCUT2D eigenvalue weighted by Crippen LogP contribution is -2.50. The van der Waals surface area contributed by atoms with Gasteiger partial charge in [0, 0.05) is 24.4 Å². The third-order valence-electron chi connectivity index (χ3n) is 3.31. The van der Waals surface area contributed by atoms with Gasteiger partial charge >= 0.3 is 12.1 Å². The van der Waals surface area contributed by atoms with Gasteiger partial charge in [-0.15, -0.1) is 0 Å². The lowest BCUT2D eigenvalue weighted by Gasteiger charge is -2.34. The molecule has 0 spiro atoms. The maximum absolute atomic E-state index is 12.6. The second kappa shape index (κ2) is 13.9. The SMILES string of the molecule is CC(C)(C)OC(=O)[C@H](CCC(=O)NCCOCCN=[N+]=[N-])N(C(=O)OC(C)(C)C)S(=O)[O-]. The molecule has 0 radical (unpaired) electrons. The van der Waals surface area contributed by atoms with Crippen LogP contribution >= 0.6 is 0 Å². The van der Waals surface area contributed by atoms with E-state index in [1.807, 2.05) is 0 Å². The third kappa shape index (κ3) is 13.8. The predicted octanol–water partition coefficient (Wildman–Crippen LogP) is 1.95. The zero-order chi connectivity index (χ0) is 24.9. The zero-order valence-corrected chi connectivity index (χ0v) is 20.1. The molecule has 0 bridgehead atoms. The Hall–Kier alpha value is -2.41. The van der Waals surface area contributed by atoms with Crippen LogP contribution in [-0.4, -0.2) is 74.6 Å². The normalized spacial score (nSPS) is 13.3. The lowest BCUT2D eigenvalue weighted by atomic mass is 10.1. The van der Waals surface area contributed by atoms with E-state index in [-0.39, 0.29) is 43.5 Å². The fourth-order valence-corrected chi connectivity index (χ4v) is 2.73. The van der Waals surface area contributed by atoms with Crippen LogP contribution in [-0.2, 0) is 35.1 Å². The molecule has 32 heavy (non-hydrogen) atoms. The molecule has 0 fully saturated rings. The van der Waals surface area contributed by atoms with Gasteiger partial charge in [-0.05, 0) is 53.5 Å². The van der Waals surface area contributed by atoms with Crippen molar-refractivity contribution in [2.75, 3.05) is 26.3 Å². The Balaban J connectivity index is 5.15. The van der Waals surface area contributed by atoms with Crippen LogP contribution in [0.5, 0.6) is 0 Å². The first kappa shape index (κ1) is 29.6. The van der Waals surface area contributed by atoms with E-state index < -0.39 is 46.5 Å². The van der Waals surface area contributed by atoms with Crippen molar-refractivity contribution in [2.24, 2.45) is 5.11 Å². The van der Waals surface area contributed by atoms with Crippen molar-refractivity contribution in [2.45, 2.75) is 71.6 Å². The first-order valence-corrected chi connectivity index (χ1v) is 10.9. The van der Waals surface area contributed by atoms with Crippen molar-refractivity contribution in [1.29, 1.82) is 0 Å². The van der Waals surface area contributed by atoms with E-state index in [4.69, 9.17) is 19.7 Å². The number of esters is 1. The van der Waals surface area contributed by atoms with Crippen LogP contribution in [0.3, 0.4) is 0 Å². The second-order valence-electron chi connectivity index (χ2n) is 8.53. The van der Waals surface area contributed by atoms with E-state index in [9.17, 15) is 23.1 Å². The second-order valence-corrected chi connectivity index (χ2v) is 9.36. The number of ether oxygens (including phenoxy) is 3. The molecule has 2 amide bonds. The molecule has 0 aliphatic rings. The fraction of sp³-hybridized carbons (Fsp3) is 0.833. The van der Waals surface area contributed by atoms with Crippen molar-refractivity contribution >= 4 is 29.2 Å². The van der Waals surface area contributed by atoms with Crippen LogP contribution in [0, 0.1) is 0 Å². The number of azide groups is 1. The average Bonchev–Trinajstić information content (AvgIpc) is 2.60. The van der Waals surface area contributed by atoms with Gasteiger partial charge in [0.15, 0.2) is 0 Å². The highest BCUT2D eigenvalue weighted by Gasteiger charge is 2.37. The Labute approximate surface area is 190 Å². The van der Waals surface area contributed by atoms with Gasteiger partial charge in [-0.1, -0.05) is 5.11 Å². The smallest absolute Gasteiger partial charge is 0.422 e. The van der Waals surface area contributed by atoms with Crippen LogP contribution < -0.4 is 5.32 Å². The maximum atomic E-state index is 12.6. The molecule has 1 unspecified atom stereocenters. The minimum absolute atomic E-state index is 0.148. The minimum Gasteiger partial charge on any atom is -0.755 e. The van der Waals surface area contributed by atoms with Crippen molar-refractivity contribution in [3.63, 3.8) is 0 Å². The third-order valence-corrected chi connectivity index (χ3v) is 4.03. The van der Waals surface area contributed by atoms with Gasteiger partial charge in [0.1, 0.15) is 17.2 Å². The van der Waals surface area contributed by atoms with Gasteiger partial charge in [0.2, 0.25) is 5.91 Å². The summed E-state index contributed by atoms with van der Waals surface area (Å²) in [6, 6.07) is -1.59. The Bertz CT molecular complexity index is 713. The Kier molecular flexibility index (Phi) is 12.8. The standard InChI is InChI=1S/C18H33N5O8S/c1-17(2,3)30-15(25)13(23(32(27)28)16(26)31-18(4,5)6)7-8-14(24)20-9-11-29-12-10-21-22-19/h13H,7-12H2,1-6H3,(H,20,24)(H,27,28)/p-1/t13-/m0/s1. The highest BCUT2D eigenvalue weighted by molar-refractivity contribution is 7.77. The molecule has 0 saturated heterocycles. The lowest BCUT2D eigenvalue weighted by molar-refractivity contribution is -0.159. The summed E-state index contributed by atoms with van der Waals surface area (Å²) >= 11 is -3.15. The fourth-order valence-electron chi connectivity index (χ4n) is 2.17. The molecule has 14 heteroatoms. The first-order chi connectivity index (χ1) is 14.7. The number of nitrogens with one attached hydrogen (secondary N) is 1. The molecule has 0 aliphatic carbocycles. The van der Waals surface area contributed by atoms with Crippen LogP contribution in [0.4, 0.5) is 4.79 Å². The summed E-state index contributed by atoms with van der Waals surface area (Å²) in [5.74, 6) is -1.47. The Morgan fingerprint density at radius 3 is 2.22 bits per heavy atom. The van der Waals surface area contributed by atoms with Gasteiger partial charge < -0.3 is 24.1 Å². The van der Waals surface area contributed by atoms with Gasteiger partial charge in [0.05, 0.1) is 24.5 Å². The molecule has 0 rings (SSSR count). The number of carbonyl (C=O) groups is 3. The van der Waals surface area contributed by atoms with Crippen LogP contribution in [0.2, 0.25) is 0 Å². The molecule has 0 aromatic carbocycles. The molecule has 0 aromatic heterocycles. The number of carbonyl (C=O) groups excluding carboxylic acids is 3. The molecule has 1 N–H and O–H groups in total. The summed E-state index contributed by atoms with van der Waals surface area (Å²) in [4.78, 5) is 39.8. The van der Waals surface area contributed by atoms with Crippen LogP contribution in [0.15, 0.2) is 5.11 Å². The average molecular weight is 479 g/mol. The van der Waals surface area contributed by atoms with Gasteiger partial charge in [0.25, 0.3) is 0 Å². The zero-order valence-electron chi connectivity index (χ0n) is 19.3. The Morgan fingerprint density at radius 1 is 1.12 bits per heavy atom. The molecular weight excluding hydrogens is 446 g/mol. The summed E-state index contributed by atoms with van der Waals surface area (Å²) in [6.45, 7) is 10.1. The van der Waals surface area contributed by atoms with E-state index in [1.165, 1.54) is 0 Å². The minimum atomic E-state index is -3.15. The molecule has 2 atom stereocenters. The predicted molar refractivity (Wildman–Crippen MR) is 114 cm³/mol. The number of amides is 2. The molecule has 0 aliphatic heterocycles. The molecule has 184 valence electrons. The summed E-state index contributed by atoms with van der Waals surface area (Å²) in [7, 11) is 0. The van der Waals surface area contributed by atoms with Crippen molar-refractivity contribution in [1.82, 2.24) is 9.62 Å². The summed E-state index contributed by atoms with van der Waals surface area (Å²) < 4.78 is 39.3. The van der Waals surface area contributed by atoms with E-state index in [0.29, 0.717) is 0 Å². The molecule has 13 nitrogen and oxygen atoms in total. The van der Waals surface area contributed by atoms with Crippen molar-refractivity contribution in [3.8, 4) is 0 Å². The number of rotatable bonds is 12. The summed E-state index contributed by atoms with van der Waals surface area (Å²) in [5, 5.41) is 5.84. The van der Waals surface area contributed by atoms with Gasteiger partial charge in [-0.25, -0.2) is 13.9 Å². The van der Waals surface area contributed by atoms with Crippen molar-refractivity contribution in [3.05, 3.63) is 10.4 Å². The number of hydrogen-bond acceptors (Lipinski definition) is 9. The largest absolute Gasteiger partial charge is 0.755 e. The molecular formula is C18H32N5O8S-. The van der Waals surface area contributed by atoms with E-state index in [1.54, 1.807) is 41.5 Å². The molecule has 0 saturated carbocycles. The first-order valence-electron chi connectivity index (χ1n) is 9.87. The summed E-state index contributed by atoms with van der Waals surface area (Å²) in [6.07, 6.45) is -1.83. The Morgan fingerprint density at radius 2 is 1.72 bits per heavy atom. The molecule has 0 aromatic rings. The quantitative estimate of drug-likeness (QED) is 0.110. The number of nitrogens with zero attached hydrogens (tertiary/aromatic N) is 4. The van der Waals surface area contributed by atoms with E-state index in [2.05, 4.69) is 15.3 Å². The van der Waals surface area contributed by atoms with Crippen molar-refractivity contribution < 1.29 is 37.4 Å². The molecule has 0 heterocycles. The van der Waals surface area contributed by atoms with Crippen LogP contribution in [0.25, 0.3) is 10.4 Å². The maximum Gasteiger partial charge on any atom is 0.422 e. The highest BCUT2D eigenvalue weighted by Crippen LogP contribution is 2.19. The topological polar surface area (TPSA) is 183 Å². The van der Waals surface area contributed by atoms with E-state index in [0.717, 1.165) is 0 Å². The monoisotopic (exact) mass is 478 g/mol. The van der Waals surface area contributed by atoms with Gasteiger partial charge in [-0.3, -0.25) is 9.00 Å². The van der Waals surface area contributed by atoms with Crippen LogP contribution in [0.1, 0.15) is 54.4 Å². The number of hydrogen-bond donors (Lipinski definition) is 1. The highest BCUT2D eigenvalue weighted by atomic mass is 32.2.